The van der Waals surface area contributed by atoms with Crippen LogP contribution in [0.3, 0.4) is 0 Å². The summed E-state index contributed by atoms with van der Waals surface area (Å²) in [4.78, 5) is 13.6. The van der Waals surface area contributed by atoms with Crippen molar-refractivity contribution in [1.82, 2.24) is 4.90 Å². The fraction of sp³-hybridized carbons (Fsp3) is 0.385. The van der Waals surface area contributed by atoms with Gasteiger partial charge in [-0.1, -0.05) is 30.3 Å². The van der Waals surface area contributed by atoms with Gasteiger partial charge in [0.15, 0.2) is 5.84 Å². The van der Waals surface area contributed by atoms with Gasteiger partial charge in [-0.05, 0) is 12.5 Å². The molecule has 4 N–H and O–H groups in total. The number of carbonyl (C=O) groups is 1. The zero-order valence-electron chi connectivity index (χ0n) is 10.9. The first-order chi connectivity index (χ1) is 9.08. The van der Waals surface area contributed by atoms with E-state index in [4.69, 9.17) is 10.9 Å². The largest absolute Gasteiger partial charge is 0.508 e. The van der Waals surface area contributed by atoms with Gasteiger partial charge in [0.05, 0.1) is 13.0 Å². The standard InChI is InChI=1S/C13H19N3O3/c1-2-7-16(9-12(14)15-19)13(18)8-10-5-3-4-6-11(10)17/h3-6,17,19H,2,7-9H2,1H3,(H2,14,15). The first-order valence-electron chi connectivity index (χ1n) is 6.09. The summed E-state index contributed by atoms with van der Waals surface area (Å²) >= 11 is 0. The SMILES string of the molecule is CCCN(C/C(N)=N/O)C(=O)Cc1ccccc1O. The smallest absolute Gasteiger partial charge is 0.227 e. The summed E-state index contributed by atoms with van der Waals surface area (Å²) in [5.41, 5.74) is 5.99. The molecule has 1 aromatic carbocycles. The molecule has 0 fully saturated rings. The summed E-state index contributed by atoms with van der Waals surface area (Å²) in [6, 6.07) is 6.69. The van der Waals surface area contributed by atoms with Crippen molar-refractivity contribution in [3.8, 4) is 5.75 Å². The van der Waals surface area contributed by atoms with Gasteiger partial charge in [-0.25, -0.2) is 0 Å². The Kier molecular flexibility index (Phi) is 5.66. The second kappa shape index (κ2) is 7.25. The van der Waals surface area contributed by atoms with Crippen molar-refractivity contribution in [2.75, 3.05) is 13.1 Å². The molecule has 6 nitrogen and oxygen atoms in total. The van der Waals surface area contributed by atoms with Crippen LogP contribution in [0.4, 0.5) is 0 Å². The van der Waals surface area contributed by atoms with E-state index in [0.717, 1.165) is 6.42 Å². The zero-order chi connectivity index (χ0) is 14.3. The molecule has 19 heavy (non-hydrogen) atoms. The average Bonchev–Trinajstić information content (AvgIpc) is 2.40. The topological polar surface area (TPSA) is 99.1 Å². The Morgan fingerprint density at radius 1 is 1.42 bits per heavy atom. The van der Waals surface area contributed by atoms with E-state index in [2.05, 4.69) is 5.16 Å². The lowest BCUT2D eigenvalue weighted by molar-refractivity contribution is -0.129. The Labute approximate surface area is 112 Å². The van der Waals surface area contributed by atoms with Crippen molar-refractivity contribution in [1.29, 1.82) is 0 Å². The molecule has 1 amide bonds. The number of amidine groups is 1. The first kappa shape index (κ1) is 14.8. The molecule has 1 aromatic rings. The second-order valence-corrected chi connectivity index (χ2v) is 4.21. The van der Waals surface area contributed by atoms with Crippen LogP contribution in [0.1, 0.15) is 18.9 Å². The molecule has 0 atom stereocenters. The van der Waals surface area contributed by atoms with Crippen LogP contribution < -0.4 is 5.73 Å². The van der Waals surface area contributed by atoms with Crippen molar-refractivity contribution < 1.29 is 15.1 Å². The third-order valence-corrected chi connectivity index (χ3v) is 2.66. The highest BCUT2D eigenvalue weighted by molar-refractivity contribution is 5.87. The van der Waals surface area contributed by atoms with E-state index < -0.39 is 0 Å². The van der Waals surface area contributed by atoms with Crippen LogP contribution in [0.2, 0.25) is 0 Å². The Hall–Kier alpha value is -2.24. The molecule has 0 saturated heterocycles. The van der Waals surface area contributed by atoms with Crippen LogP contribution >= 0.6 is 0 Å². The maximum atomic E-state index is 12.1. The number of hydrogen-bond donors (Lipinski definition) is 3. The maximum Gasteiger partial charge on any atom is 0.227 e. The summed E-state index contributed by atoms with van der Waals surface area (Å²) in [5, 5.41) is 21.1. The van der Waals surface area contributed by atoms with E-state index in [9.17, 15) is 9.90 Å². The summed E-state index contributed by atoms with van der Waals surface area (Å²) in [6.45, 7) is 2.53. The van der Waals surface area contributed by atoms with Gasteiger partial charge in [-0.15, -0.1) is 0 Å². The van der Waals surface area contributed by atoms with Crippen molar-refractivity contribution in [3.05, 3.63) is 29.8 Å². The van der Waals surface area contributed by atoms with Gasteiger partial charge in [-0.2, -0.15) is 0 Å². The van der Waals surface area contributed by atoms with Crippen LogP contribution in [0.15, 0.2) is 29.4 Å². The molecule has 0 heterocycles. The lowest BCUT2D eigenvalue weighted by Crippen LogP contribution is -2.39. The highest BCUT2D eigenvalue weighted by atomic mass is 16.4. The second-order valence-electron chi connectivity index (χ2n) is 4.21. The lowest BCUT2D eigenvalue weighted by atomic mass is 10.1. The molecule has 0 aromatic heterocycles. The Morgan fingerprint density at radius 3 is 2.68 bits per heavy atom. The number of amides is 1. The number of phenols is 1. The third-order valence-electron chi connectivity index (χ3n) is 2.66. The molecule has 0 unspecified atom stereocenters. The zero-order valence-corrected chi connectivity index (χ0v) is 10.9. The fourth-order valence-corrected chi connectivity index (χ4v) is 1.72. The number of carbonyl (C=O) groups excluding carboxylic acids is 1. The summed E-state index contributed by atoms with van der Waals surface area (Å²) in [5.74, 6) is -0.0925. The normalized spacial score (nSPS) is 11.3. The van der Waals surface area contributed by atoms with Crippen LogP contribution in [-0.4, -0.2) is 40.0 Å². The van der Waals surface area contributed by atoms with Crippen LogP contribution in [0.25, 0.3) is 0 Å². The highest BCUT2D eigenvalue weighted by Crippen LogP contribution is 2.16. The number of para-hydroxylation sites is 1. The van der Waals surface area contributed by atoms with E-state index in [1.807, 2.05) is 6.92 Å². The Morgan fingerprint density at radius 2 is 2.11 bits per heavy atom. The summed E-state index contributed by atoms with van der Waals surface area (Å²) in [7, 11) is 0. The van der Waals surface area contributed by atoms with Crippen molar-refractivity contribution in [2.24, 2.45) is 10.9 Å². The van der Waals surface area contributed by atoms with Gasteiger partial charge in [0.2, 0.25) is 5.91 Å². The van der Waals surface area contributed by atoms with Gasteiger partial charge in [0, 0.05) is 12.1 Å². The molecule has 0 aliphatic heterocycles. The predicted octanol–water partition coefficient (Wildman–Crippen LogP) is 0.920. The van der Waals surface area contributed by atoms with Gasteiger partial charge in [0.1, 0.15) is 5.75 Å². The average molecular weight is 265 g/mol. The quantitative estimate of drug-likeness (QED) is 0.308. The monoisotopic (exact) mass is 265 g/mol. The van der Waals surface area contributed by atoms with Crippen LogP contribution in [0.5, 0.6) is 5.75 Å². The minimum atomic E-state index is -0.171. The number of nitrogens with zero attached hydrogens (tertiary/aromatic N) is 2. The molecular formula is C13H19N3O3. The fourth-order valence-electron chi connectivity index (χ4n) is 1.72. The number of benzene rings is 1. The molecule has 0 aliphatic carbocycles. The minimum absolute atomic E-state index is 0.0147. The molecule has 0 radical (unpaired) electrons. The molecule has 104 valence electrons. The molecule has 0 aliphatic rings. The van der Waals surface area contributed by atoms with Crippen molar-refractivity contribution in [3.63, 3.8) is 0 Å². The predicted molar refractivity (Wildman–Crippen MR) is 72.1 cm³/mol. The molecular weight excluding hydrogens is 246 g/mol. The van der Waals surface area contributed by atoms with Gasteiger partial charge < -0.3 is 20.9 Å². The molecule has 1 rings (SSSR count). The van der Waals surface area contributed by atoms with Gasteiger partial charge in [-0.3, -0.25) is 4.79 Å². The summed E-state index contributed by atoms with van der Waals surface area (Å²) in [6.07, 6.45) is 0.858. The molecule has 0 bridgehead atoms. The highest BCUT2D eigenvalue weighted by Gasteiger charge is 2.16. The Balaban J connectivity index is 2.75. The first-order valence-corrected chi connectivity index (χ1v) is 6.09. The van der Waals surface area contributed by atoms with E-state index in [1.165, 1.54) is 11.0 Å². The van der Waals surface area contributed by atoms with E-state index in [-0.39, 0.29) is 30.5 Å². The van der Waals surface area contributed by atoms with E-state index in [1.54, 1.807) is 18.2 Å². The van der Waals surface area contributed by atoms with Gasteiger partial charge >= 0.3 is 0 Å². The number of aromatic hydroxyl groups is 1. The Bertz CT molecular complexity index is 460. The minimum Gasteiger partial charge on any atom is -0.508 e. The van der Waals surface area contributed by atoms with Crippen LogP contribution in [0, 0.1) is 0 Å². The molecule has 6 heteroatoms. The molecule has 0 saturated carbocycles. The number of phenolic OH excluding ortho intramolecular Hbond substituents is 1. The number of nitrogens with two attached hydrogens (primary N) is 1. The maximum absolute atomic E-state index is 12.1. The van der Waals surface area contributed by atoms with Gasteiger partial charge in [0.25, 0.3) is 0 Å². The van der Waals surface area contributed by atoms with E-state index in [0.29, 0.717) is 12.1 Å². The number of rotatable bonds is 6. The lowest BCUT2D eigenvalue weighted by Gasteiger charge is -2.21. The molecule has 0 spiro atoms. The van der Waals surface area contributed by atoms with Crippen molar-refractivity contribution >= 4 is 11.7 Å². The van der Waals surface area contributed by atoms with Crippen molar-refractivity contribution in [2.45, 2.75) is 19.8 Å². The summed E-state index contributed by atoms with van der Waals surface area (Å²) < 4.78 is 0. The van der Waals surface area contributed by atoms with E-state index >= 15 is 0 Å². The number of hydrogen-bond acceptors (Lipinski definition) is 4. The van der Waals surface area contributed by atoms with Crippen LogP contribution in [-0.2, 0) is 11.2 Å². The third kappa shape index (κ3) is 4.50. The number of oxime groups is 1.